The maximum absolute atomic E-state index is 12.3. The van der Waals surface area contributed by atoms with Gasteiger partial charge in [0.2, 0.25) is 5.75 Å². The lowest BCUT2D eigenvalue weighted by molar-refractivity contribution is -0.189. The highest BCUT2D eigenvalue weighted by Crippen LogP contribution is 2.28. The van der Waals surface area contributed by atoms with Crippen LogP contribution in [-0.2, 0) is 17.9 Å². The van der Waals surface area contributed by atoms with Crippen molar-refractivity contribution in [3.05, 3.63) is 28.2 Å². The molecule has 0 radical (unpaired) electrons. The second-order valence-electron chi connectivity index (χ2n) is 5.02. The number of hydrogen-bond donors (Lipinski definition) is 1. The van der Waals surface area contributed by atoms with Crippen molar-refractivity contribution in [1.29, 1.82) is 0 Å². The fourth-order valence-electron chi connectivity index (χ4n) is 2.11. The van der Waals surface area contributed by atoms with Gasteiger partial charge >= 0.3 is 12.1 Å². The number of aromatic nitrogens is 1. The van der Waals surface area contributed by atoms with Gasteiger partial charge in [-0.05, 0) is 24.8 Å². The lowest BCUT2D eigenvalue weighted by Gasteiger charge is -2.26. The van der Waals surface area contributed by atoms with Crippen LogP contribution in [0.1, 0.15) is 24.8 Å². The van der Waals surface area contributed by atoms with Gasteiger partial charge in [0.15, 0.2) is 0 Å². The van der Waals surface area contributed by atoms with E-state index in [4.69, 9.17) is 5.73 Å². The maximum atomic E-state index is 12.3. The molecule has 116 valence electrons. The first kappa shape index (κ1) is 15.6. The lowest BCUT2D eigenvalue weighted by atomic mass is 9.85. The fourth-order valence-corrected chi connectivity index (χ4v) is 2.11. The van der Waals surface area contributed by atoms with E-state index >= 15 is 0 Å². The van der Waals surface area contributed by atoms with Gasteiger partial charge in [0, 0.05) is 24.8 Å². The fraction of sp³-hybridized carbons (Fsp3) is 0.538. The number of ether oxygens (including phenoxy) is 1. The van der Waals surface area contributed by atoms with Gasteiger partial charge in [-0.3, -0.25) is 4.79 Å². The Balaban J connectivity index is 2.30. The van der Waals surface area contributed by atoms with E-state index in [0.29, 0.717) is 12.5 Å². The van der Waals surface area contributed by atoms with Gasteiger partial charge in [0.25, 0.3) is 5.56 Å². The number of esters is 1. The predicted molar refractivity (Wildman–Crippen MR) is 67.6 cm³/mol. The molecule has 0 atom stereocenters. The molecule has 21 heavy (non-hydrogen) atoms. The molecule has 1 saturated carbocycles. The third kappa shape index (κ3) is 3.44. The summed E-state index contributed by atoms with van der Waals surface area (Å²) in [6.45, 7) is 0.209. The average molecular weight is 304 g/mol. The number of alkyl halides is 3. The molecule has 8 heteroatoms. The lowest BCUT2D eigenvalue weighted by Crippen LogP contribution is -2.34. The van der Waals surface area contributed by atoms with Gasteiger partial charge in [-0.25, -0.2) is 4.79 Å². The summed E-state index contributed by atoms with van der Waals surface area (Å²) in [5.74, 6) is -2.73. The van der Waals surface area contributed by atoms with Crippen molar-refractivity contribution in [1.82, 2.24) is 4.57 Å². The summed E-state index contributed by atoms with van der Waals surface area (Å²) in [5, 5.41) is 0. The molecule has 1 aliphatic carbocycles. The minimum Gasteiger partial charge on any atom is -0.414 e. The molecule has 0 bridgehead atoms. The van der Waals surface area contributed by atoms with Crippen LogP contribution in [0, 0.1) is 5.92 Å². The van der Waals surface area contributed by atoms with Crippen molar-refractivity contribution >= 4 is 5.97 Å². The smallest absolute Gasteiger partial charge is 0.414 e. The van der Waals surface area contributed by atoms with Gasteiger partial charge in [-0.1, -0.05) is 6.42 Å². The van der Waals surface area contributed by atoms with Gasteiger partial charge < -0.3 is 15.0 Å². The van der Waals surface area contributed by atoms with E-state index in [-0.39, 0.29) is 12.1 Å². The molecule has 2 N–H and O–H groups in total. The number of nitrogens with two attached hydrogens (primary N) is 1. The topological polar surface area (TPSA) is 74.3 Å². The van der Waals surface area contributed by atoms with Crippen LogP contribution in [0.3, 0.4) is 0 Å². The molecule has 0 saturated heterocycles. The van der Waals surface area contributed by atoms with Crippen molar-refractivity contribution < 1.29 is 22.7 Å². The van der Waals surface area contributed by atoms with E-state index in [2.05, 4.69) is 4.74 Å². The zero-order valence-electron chi connectivity index (χ0n) is 11.2. The zero-order valence-corrected chi connectivity index (χ0v) is 11.2. The molecule has 1 aromatic rings. The molecule has 1 fully saturated rings. The Hall–Kier alpha value is -1.83. The largest absolute Gasteiger partial charge is 0.491 e. The Labute approximate surface area is 118 Å². The predicted octanol–water partition coefficient (Wildman–Crippen LogP) is 1.57. The number of halogens is 3. The van der Waals surface area contributed by atoms with Gasteiger partial charge in [0.05, 0.1) is 0 Å². The summed E-state index contributed by atoms with van der Waals surface area (Å²) in [5.41, 5.74) is 4.68. The monoisotopic (exact) mass is 304 g/mol. The molecule has 0 unspecified atom stereocenters. The van der Waals surface area contributed by atoms with E-state index in [1.54, 1.807) is 0 Å². The summed E-state index contributed by atoms with van der Waals surface area (Å²) in [7, 11) is 0. The molecule has 2 rings (SSSR count). The van der Waals surface area contributed by atoms with Crippen LogP contribution >= 0.6 is 0 Å². The Morgan fingerprint density at radius 1 is 1.43 bits per heavy atom. The van der Waals surface area contributed by atoms with E-state index in [1.807, 2.05) is 0 Å². The van der Waals surface area contributed by atoms with E-state index in [9.17, 15) is 22.8 Å². The second-order valence-corrected chi connectivity index (χ2v) is 5.02. The number of hydrogen-bond acceptors (Lipinski definition) is 4. The number of rotatable bonds is 4. The van der Waals surface area contributed by atoms with Crippen LogP contribution in [0.25, 0.3) is 0 Å². The highest BCUT2D eigenvalue weighted by atomic mass is 19.4. The molecular weight excluding hydrogens is 289 g/mol. The van der Waals surface area contributed by atoms with Crippen LogP contribution < -0.4 is 16.0 Å². The molecule has 1 aliphatic rings. The highest BCUT2D eigenvalue weighted by Gasteiger charge is 2.42. The van der Waals surface area contributed by atoms with Gasteiger partial charge in [-0.15, -0.1) is 0 Å². The van der Waals surface area contributed by atoms with E-state index < -0.39 is 23.5 Å². The molecule has 1 aromatic heterocycles. The minimum absolute atomic E-state index is 0.0717. The number of carbonyl (C=O) groups excluding carboxylic acids is 1. The van der Waals surface area contributed by atoms with Crippen molar-refractivity contribution in [2.75, 3.05) is 0 Å². The van der Waals surface area contributed by atoms with Crippen molar-refractivity contribution in [2.24, 2.45) is 11.7 Å². The SMILES string of the molecule is NCc1ccn(CC2CCC2)c(=O)c1OC(=O)C(F)(F)F. The minimum atomic E-state index is -5.16. The van der Waals surface area contributed by atoms with Gasteiger partial charge in [-0.2, -0.15) is 13.2 Å². The van der Waals surface area contributed by atoms with Crippen LogP contribution in [0.15, 0.2) is 17.1 Å². The summed E-state index contributed by atoms with van der Waals surface area (Å²) in [4.78, 5) is 23.1. The van der Waals surface area contributed by atoms with Crippen molar-refractivity contribution in [2.45, 2.75) is 38.5 Å². The average Bonchev–Trinajstić information content (AvgIpc) is 2.36. The summed E-state index contributed by atoms with van der Waals surface area (Å²) in [6, 6.07) is 1.40. The molecule has 0 aliphatic heterocycles. The number of pyridine rings is 1. The van der Waals surface area contributed by atoms with Crippen LogP contribution in [0.5, 0.6) is 5.75 Å². The number of carbonyl (C=O) groups is 1. The molecule has 1 heterocycles. The van der Waals surface area contributed by atoms with Crippen LogP contribution in [0.2, 0.25) is 0 Å². The summed E-state index contributed by atoms with van der Waals surface area (Å²) < 4.78 is 42.3. The third-order valence-electron chi connectivity index (χ3n) is 3.53. The third-order valence-corrected chi connectivity index (χ3v) is 3.53. The maximum Gasteiger partial charge on any atom is 0.491 e. The molecule has 0 aromatic carbocycles. The van der Waals surface area contributed by atoms with E-state index in [1.165, 1.54) is 16.8 Å². The first-order valence-electron chi connectivity index (χ1n) is 6.54. The quantitative estimate of drug-likeness (QED) is 0.857. The van der Waals surface area contributed by atoms with Crippen molar-refractivity contribution in [3.63, 3.8) is 0 Å². The molecular formula is C13H15F3N2O3. The van der Waals surface area contributed by atoms with Crippen molar-refractivity contribution in [3.8, 4) is 5.75 Å². The van der Waals surface area contributed by atoms with Gasteiger partial charge in [0.1, 0.15) is 0 Å². The Kier molecular flexibility index (Phi) is 4.36. The Morgan fingerprint density at radius 2 is 2.10 bits per heavy atom. The second kappa shape index (κ2) is 5.88. The summed E-state index contributed by atoms with van der Waals surface area (Å²) >= 11 is 0. The Morgan fingerprint density at radius 3 is 2.57 bits per heavy atom. The van der Waals surface area contributed by atoms with Crippen LogP contribution in [0.4, 0.5) is 13.2 Å². The standard InChI is InChI=1S/C13H15F3N2O3/c14-13(15,16)12(20)21-10-9(6-17)4-5-18(11(10)19)7-8-2-1-3-8/h4-5,8H,1-3,6-7,17H2. The molecule has 0 spiro atoms. The van der Waals surface area contributed by atoms with E-state index in [0.717, 1.165) is 19.3 Å². The zero-order chi connectivity index (χ0) is 15.6. The first-order valence-corrected chi connectivity index (χ1v) is 6.54. The normalized spacial score (nSPS) is 15.6. The Bertz CT molecular complexity index is 591. The summed E-state index contributed by atoms with van der Waals surface area (Å²) in [6.07, 6.45) is -0.664. The first-order chi connectivity index (χ1) is 9.82. The number of nitrogens with zero attached hydrogens (tertiary/aromatic N) is 1. The molecule has 5 nitrogen and oxygen atoms in total. The highest BCUT2D eigenvalue weighted by molar-refractivity contribution is 5.78. The van der Waals surface area contributed by atoms with Crippen LogP contribution in [-0.4, -0.2) is 16.7 Å². The molecule has 0 amide bonds.